The van der Waals surface area contributed by atoms with Gasteiger partial charge < -0.3 is 30.3 Å². The van der Waals surface area contributed by atoms with Crippen LogP contribution in [-0.2, 0) is 9.84 Å². The van der Waals surface area contributed by atoms with Crippen molar-refractivity contribution in [2.45, 2.75) is 61.8 Å². The predicted octanol–water partition coefficient (Wildman–Crippen LogP) is 1.99. The van der Waals surface area contributed by atoms with Gasteiger partial charge in [0.05, 0.1) is 9.79 Å². The normalized spacial score (nSPS) is 13.8. The van der Waals surface area contributed by atoms with Crippen molar-refractivity contribution < 1.29 is 28.1 Å². The zero-order valence-electron chi connectivity index (χ0n) is 19.7. The molecule has 33 heavy (non-hydrogen) atoms. The third-order valence-electron chi connectivity index (χ3n) is 4.68. The average Bonchev–Trinajstić information content (AvgIpc) is 2.79. The smallest absolute Gasteiger partial charge is 0.206 e. The maximum absolute atomic E-state index is 12.9. The Morgan fingerprint density at radius 2 is 1.03 bits per heavy atom. The molecule has 2 unspecified atom stereocenters. The molecule has 0 aliphatic heterocycles. The van der Waals surface area contributed by atoms with Crippen LogP contribution in [0.1, 0.15) is 27.7 Å². The predicted molar refractivity (Wildman–Crippen MR) is 128 cm³/mol. The molecule has 0 bridgehead atoms. The van der Waals surface area contributed by atoms with Crippen molar-refractivity contribution >= 4 is 9.84 Å². The molecule has 0 spiro atoms. The van der Waals surface area contributed by atoms with Crippen LogP contribution in [0.4, 0.5) is 0 Å². The Morgan fingerprint density at radius 1 is 0.697 bits per heavy atom. The van der Waals surface area contributed by atoms with Crippen LogP contribution < -0.4 is 20.1 Å². The van der Waals surface area contributed by atoms with Crippen molar-refractivity contribution in [3.8, 4) is 11.5 Å². The molecule has 0 aliphatic rings. The van der Waals surface area contributed by atoms with Gasteiger partial charge in [-0.25, -0.2) is 8.42 Å². The number of rotatable bonds is 14. The van der Waals surface area contributed by atoms with E-state index in [1.807, 2.05) is 27.7 Å². The van der Waals surface area contributed by atoms with Crippen LogP contribution in [-0.4, -0.2) is 69.2 Å². The highest BCUT2D eigenvalue weighted by atomic mass is 32.2. The largest absolute Gasteiger partial charge is 0.491 e. The van der Waals surface area contributed by atoms with Gasteiger partial charge >= 0.3 is 0 Å². The van der Waals surface area contributed by atoms with Crippen molar-refractivity contribution in [1.82, 2.24) is 10.6 Å². The number of aliphatic hydroxyl groups is 2. The molecule has 0 aliphatic carbocycles. The first kappa shape index (κ1) is 27.1. The minimum absolute atomic E-state index is 0.107. The highest BCUT2D eigenvalue weighted by Gasteiger charge is 2.18. The van der Waals surface area contributed by atoms with Crippen LogP contribution >= 0.6 is 0 Å². The molecule has 4 N–H and O–H groups in total. The second-order valence-electron chi connectivity index (χ2n) is 8.50. The molecule has 2 rings (SSSR count). The topological polar surface area (TPSA) is 117 Å². The maximum atomic E-state index is 12.9. The van der Waals surface area contributed by atoms with E-state index >= 15 is 0 Å². The molecule has 2 atom stereocenters. The molecule has 2 aromatic rings. The quantitative estimate of drug-likeness (QED) is 0.324. The molecule has 0 fully saturated rings. The zero-order chi connectivity index (χ0) is 24.4. The number of hydrogen-bond donors (Lipinski definition) is 4. The van der Waals surface area contributed by atoms with E-state index < -0.39 is 22.0 Å². The molecule has 184 valence electrons. The highest BCUT2D eigenvalue weighted by molar-refractivity contribution is 7.91. The number of nitrogens with one attached hydrogen (secondary N) is 2. The lowest BCUT2D eigenvalue weighted by Crippen LogP contribution is -2.35. The van der Waals surface area contributed by atoms with Crippen molar-refractivity contribution in [2.75, 3.05) is 26.3 Å². The van der Waals surface area contributed by atoms with Crippen molar-refractivity contribution in [3.05, 3.63) is 48.5 Å². The molecule has 0 saturated heterocycles. The summed E-state index contributed by atoms with van der Waals surface area (Å²) in [4.78, 5) is 0.279. The molecule has 0 saturated carbocycles. The maximum Gasteiger partial charge on any atom is 0.206 e. The Hall–Kier alpha value is -2.17. The van der Waals surface area contributed by atoms with E-state index in [1.54, 1.807) is 24.3 Å². The van der Waals surface area contributed by atoms with Gasteiger partial charge in [0, 0.05) is 25.2 Å². The number of sulfone groups is 1. The summed E-state index contributed by atoms with van der Waals surface area (Å²) in [6.45, 7) is 9.00. The minimum atomic E-state index is -3.70. The zero-order valence-corrected chi connectivity index (χ0v) is 20.5. The summed E-state index contributed by atoms with van der Waals surface area (Å²) in [5.41, 5.74) is 0. The lowest BCUT2D eigenvalue weighted by atomic mass is 10.3. The lowest BCUT2D eigenvalue weighted by molar-refractivity contribution is 0.104. The fraction of sp³-hybridized carbons (Fsp3) is 0.500. The second kappa shape index (κ2) is 12.9. The van der Waals surface area contributed by atoms with E-state index in [2.05, 4.69) is 10.6 Å². The van der Waals surface area contributed by atoms with E-state index in [9.17, 15) is 18.6 Å². The minimum Gasteiger partial charge on any atom is -0.491 e. The first-order valence-corrected chi connectivity index (χ1v) is 12.6. The van der Waals surface area contributed by atoms with Crippen molar-refractivity contribution in [3.63, 3.8) is 0 Å². The Balaban J connectivity index is 1.92. The number of benzene rings is 2. The van der Waals surface area contributed by atoms with Crippen LogP contribution in [0.3, 0.4) is 0 Å². The summed E-state index contributed by atoms with van der Waals surface area (Å²) in [5.74, 6) is 0.957. The first-order chi connectivity index (χ1) is 15.6. The SMILES string of the molecule is CC(C)NCC(O)COc1ccc(S(=O)(=O)c2ccc(OCC(O)CNC(C)C)cc2)cc1. The van der Waals surface area contributed by atoms with Gasteiger partial charge in [-0.15, -0.1) is 0 Å². The van der Waals surface area contributed by atoms with Gasteiger partial charge in [-0.2, -0.15) is 0 Å². The number of ether oxygens (including phenoxy) is 2. The second-order valence-corrected chi connectivity index (χ2v) is 10.5. The Bertz CT molecular complexity index is 859. The molecule has 0 heterocycles. The molecule has 0 radical (unpaired) electrons. The summed E-state index contributed by atoms with van der Waals surface area (Å²) in [6, 6.07) is 12.7. The van der Waals surface area contributed by atoms with E-state index in [0.717, 1.165) is 0 Å². The fourth-order valence-corrected chi connectivity index (χ4v) is 4.07. The standard InChI is InChI=1S/C24H36N2O6S/c1-17(2)25-13-19(27)15-31-21-5-9-23(10-6-21)33(29,30)24-11-7-22(8-12-24)32-16-20(28)14-26-18(3)4/h5-12,17-20,25-28H,13-16H2,1-4H3. The van der Waals surface area contributed by atoms with E-state index in [4.69, 9.17) is 9.47 Å². The van der Waals surface area contributed by atoms with Gasteiger partial charge in [-0.1, -0.05) is 27.7 Å². The van der Waals surface area contributed by atoms with Crippen molar-refractivity contribution in [2.24, 2.45) is 0 Å². The molecular formula is C24H36N2O6S. The van der Waals surface area contributed by atoms with Gasteiger partial charge in [0.15, 0.2) is 0 Å². The molecular weight excluding hydrogens is 444 g/mol. The number of hydrogen-bond acceptors (Lipinski definition) is 8. The molecule has 0 amide bonds. The van der Waals surface area contributed by atoms with E-state index in [-0.39, 0.29) is 35.1 Å². The van der Waals surface area contributed by atoms with Gasteiger partial charge in [-0.05, 0) is 48.5 Å². The van der Waals surface area contributed by atoms with Crippen molar-refractivity contribution in [1.29, 1.82) is 0 Å². The van der Waals surface area contributed by atoms with Gasteiger partial charge in [0.2, 0.25) is 9.84 Å². The van der Waals surface area contributed by atoms with E-state index in [1.165, 1.54) is 24.3 Å². The third kappa shape index (κ3) is 9.30. The fourth-order valence-electron chi connectivity index (χ4n) is 2.81. The van der Waals surface area contributed by atoms with Crippen LogP contribution in [0, 0.1) is 0 Å². The number of aliphatic hydroxyl groups excluding tert-OH is 2. The Morgan fingerprint density at radius 3 is 1.33 bits per heavy atom. The van der Waals surface area contributed by atoms with Crippen LogP contribution in [0.25, 0.3) is 0 Å². The Labute approximate surface area is 196 Å². The monoisotopic (exact) mass is 480 g/mol. The summed E-state index contributed by atoms with van der Waals surface area (Å²) in [7, 11) is -3.70. The van der Waals surface area contributed by atoms with Crippen LogP contribution in [0.15, 0.2) is 58.3 Å². The summed E-state index contributed by atoms with van der Waals surface area (Å²) >= 11 is 0. The average molecular weight is 481 g/mol. The molecule has 9 heteroatoms. The highest BCUT2D eigenvalue weighted by Crippen LogP contribution is 2.25. The van der Waals surface area contributed by atoms with Crippen LogP contribution in [0.5, 0.6) is 11.5 Å². The molecule has 2 aromatic carbocycles. The first-order valence-electron chi connectivity index (χ1n) is 11.1. The molecule has 0 aromatic heterocycles. The third-order valence-corrected chi connectivity index (χ3v) is 6.46. The summed E-state index contributed by atoms with van der Waals surface area (Å²) in [5, 5.41) is 26.1. The van der Waals surface area contributed by atoms with E-state index in [0.29, 0.717) is 24.6 Å². The van der Waals surface area contributed by atoms with Gasteiger partial charge in [0.25, 0.3) is 0 Å². The lowest BCUT2D eigenvalue weighted by Gasteiger charge is -2.15. The van der Waals surface area contributed by atoms with Crippen LogP contribution in [0.2, 0.25) is 0 Å². The summed E-state index contributed by atoms with van der Waals surface area (Å²) < 4.78 is 36.9. The summed E-state index contributed by atoms with van der Waals surface area (Å²) in [6.07, 6.45) is -1.33. The molecule has 8 nitrogen and oxygen atoms in total. The van der Waals surface area contributed by atoms with Gasteiger partial charge in [-0.3, -0.25) is 0 Å². The van der Waals surface area contributed by atoms with Gasteiger partial charge in [0.1, 0.15) is 36.9 Å². The Kier molecular flexibility index (Phi) is 10.6.